The standard InChI is InChI=1S/C20H26N2O/c1-15-7-10-18(14-16(15)2)20(23)21-13-5-6-17-8-11-19(12-9-17)22(3)4/h7-12,14H,5-6,13H2,1-4H3,(H,21,23). The number of nitrogens with one attached hydrogen (secondary N) is 1. The fourth-order valence-corrected chi connectivity index (χ4v) is 2.44. The van der Waals surface area contributed by atoms with Gasteiger partial charge in [0.2, 0.25) is 0 Å². The van der Waals surface area contributed by atoms with E-state index in [1.807, 2.05) is 39.2 Å². The van der Waals surface area contributed by atoms with Gasteiger partial charge in [0.05, 0.1) is 0 Å². The summed E-state index contributed by atoms with van der Waals surface area (Å²) in [6.45, 7) is 4.78. The van der Waals surface area contributed by atoms with E-state index in [1.165, 1.54) is 16.8 Å². The van der Waals surface area contributed by atoms with Crippen LogP contribution in [0.3, 0.4) is 0 Å². The minimum Gasteiger partial charge on any atom is -0.378 e. The second kappa shape index (κ2) is 7.82. The number of rotatable bonds is 6. The molecule has 0 saturated heterocycles. The van der Waals surface area contributed by atoms with Crippen molar-refractivity contribution in [3.05, 3.63) is 64.7 Å². The Morgan fingerprint density at radius 3 is 2.30 bits per heavy atom. The van der Waals surface area contributed by atoms with Crippen LogP contribution in [0.1, 0.15) is 33.5 Å². The molecule has 0 fully saturated rings. The molecule has 0 aliphatic heterocycles. The van der Waals surface area contributed by atoms with Gasteiger partial charge in [0.1, 0.15) is 0 Å². The Morgan fingerprint density at radius 1 is 1.00 bits per heavy atom. The third-order valence-corrected chi connectivity index (χ3v) is 4.15. The van der Waals surface area contributed by atoms with Crippen LogP contribution in [0.25, 0.3) is 0 Å². The van der Waals surface area contributed by atoms with Gasteiger partial charge in [-0.2, -0.15) is 0 Å². The molecule has 122 valence electrons. The van der Waals surface area contributed by atoms with Crippen LogP contribution >= 0.6 is 0 Å². The summed E-state index contributed by atoms with van der Waals surface area (Å²) >= 11 is 0. The molecule has 0 aliphatic rings. The maximum atomic E-state index is 12.1. The molecule has 23 heavy (non-hydrogen) atoms. The van der Waals surface area contributed by atoms with E-state index < -0.39 is 0 Å². The lowest BCUT2D eigenvalue weighted by Crippen LogP contribution is -2.24. The Hall–Kier alpha value is -2.29. The highest BCUT2D eigenvalue weighted by atomic mass is 16.1. The summed E-state index contributed by atoms with van der Waals surface area (Å²) in [6.07, 6.45) is 1.92. The maximum absolute atomic E-state index is 12.1. The Labute approximate surface area is 139 Å². The summed E-state index contributed by atoms with van der Waals surface area (Å²) in [5.74, 6) is 0.0102. The van der Waals surface area contributed by atoms with Crippen molar-refractivity contribution in [2.24, 2.45) is 0 Å². The number of anilines is 1. The van der Waals surface area contributed by atoms with E-state index in [2.05, 4.69) is 41.4 Å². The lowest BCUT2D eigenvalue weighted by atomic mass is 10.1. The zero-order chi connectivity index (χ0) is 16.8. The van der Waals surface area contributed by atoms with Gasteiger partial charge in [-0.15, -0.1) is 0 Å². The lowest BCUT2D eigenvalue weighted by molar-refractivity contribution is 0.0953. The first kappa shape index (κ1) is 17.1. The largest absolute Gasteiger partial charge is 0.378 e. The Bertz CT molecular complexity index is 660. The predicted octanol–water partition coefficient (Wildman–Crippen LogP) is 3.73. The van der Waals surface area contributed by atoms with E-state index in [0.29, 0.717) is 6.54 Å². The van der Waals surface area contributed by atoms with E-state index in [-0.39, 0.29) is 5.91 Å². The smallest absolute Gasteiger partial charge is 0.251 e. The van der Waals surface area contributed by atoms with Crippen molar-refractivity contribution in [2.45, 2.75) is 26.7 Å². The van der Waals surface area contributed by atoms with Crippen LogP contribution in [-0.2, 0) is 6.42 Å². The fourth-order valence-electron chi connectivity index (χ4n) is 2.44. The molecule has 0 heterocycles. The molecule has 3 heteroatoms. The van der Waals surface area contributed by atoms with E-state index in [4.69, 9.17) is 0 Å². The molecule has 0 atom stereocenters. The normalized spacial score (nSPS) is 10.4. The Balaban J connectivity index is 1.78. The van der Waals surface area contributed by atoms with Crippen LogP contribution < -0.4 is 10.2 Å². The van der Waals surface area contributed by atoms with Crippen LogP contribution in [0.15, 0.2) is 42.5 Å². The molecule has 1 N–H and O–H groups in total. The van der Waals surface area contributed by atoms with Crippen molar-refractivity contribution in [2.75, 3.05) is 25.5 Å². The van der Waals surface area contributed by atoms with E-state index in [0.717, 1.165) is 24.0 Å². The fraction of sp³-hybridized carbons (Fsp3) is 0.350. The zero-order valence-electron chi connectivity index (χ0n) is 14.5. The molecular formula is C20H26N2O. The molecule has 2 aromatic carbocycles. The minimum atomic E-state index is 0.0102. The topological polar surface area (TPSA) is 32.3 Å². The zero-order valence-corrected chi connectivity index (χ0v) is 14.5. The summed E-state index contributed by atoms with van der Waals surface area (Å²) in [6, 6.07) is 14.4. The number of amides is 1. The molecule has 1 amide bonds. The van der Waals surface area contributed by atoms with Gasteiger partial charge in [0.15, 0.2) is 0 Å². The van der Waals surface area contributed by atoms with Gasteiger partial charge in [0.25, 0.3) is 5.91 Å². The number of aryl methyl sites for hydroxylation is 3. The summed E-state index contributed by atoms with van der Waals surface area (Å²) in [5.41, 5.74) is 5.61. The molecule has 3 nitrogen and oxygen atoms in total. The molecule has 0 spiro atoms. The van der Waals surface area contributed by atoms with Crippen LogP contribution in [0, 0.1) is 13.8 Å². The van der Waals surface area contributed by atoms with Crippen LogP contribution in [0.2, 0.25) is 0 Å². The molecular weight excluding hydrogens is 284 g/mol. The highest BCUT2D eigenvalue weighted by Crippen LogP contribution is 2.13. The van der Waals surface area contributed by atoms with Crippen molar-refractivity contribution in [3.8, 4) is 0 Å². The van der Waals surface area contributed by atoms with Crippen LogP contribution in [-0.4, -0.2) is 26.5 Å². The molecule has 0 aliphatic carbocycles. The van der Waals surface area contributed by atoms with Gasteiger partial charge >= 0.3 is 0 Å². The first-order valence-corrected chi connectivity index (χ1v) is 8.09. The van der Waals surface area contributed by atoms with Crippen LogP contribution in [0.5, 0.6) is 0 Å². The molecule has 0 aromatic heterocycles. The number of hydrogen-bond donors (Lipinski definition) is 1. The number of carbonyl (C=O) groups is 1. The van der Waals surface area contributed by atoms with Crippen molar-refractivity contribution in [3.63, 3.8) is 0 Å². The number of nitrogens with zero attached hydrogens (tertiary/aromatic N) is 1. The number of carbonyl (C=O) groups excluding carboxylic acids is 1. The third kappa shape index (κ3) is 4.85. The molecule has 2 rings (SSSR count). The lowest BCUT2D eigenvalue weighted by Gasteiger charge is -2.12. The quantitative estimate of drug-likeness (QED) is 0.825. The van der Waals surface area contributed by atoms with Crippen molar-refractivity contribution >= 4 is 11.6 Å². The Kier molecular flexibility index (Phi) is 5.80. The van der Waals surface area contributed by atoms with Gasteiger partial charge < -0.3 is 10.2 Å². The predicted molar refractivity (Wildman–Crippen MR) is 97.3 cm³/mol. The average molecular weight is 310 g/mol. The first-order valence-electron chi connectivity index (χ1n) is 8.09. The number of hydrogen-bond acceptors (Lipinski definition) is 2. The minimum absolute atomic E-state index is 0.0102. The monoisotopic (exact) mass is 310 g/mol. The summed E-state index contributed by atoms with van der Waals surface area (Å²) in [7, 11) is 4.08. The third-order valence-electron chi connectivity index (χ3n) is 4.15. The average Bonchev–Trinajstić information content (AvgIpc) is 2.54. The Morgan fingerprint density at radius 2 is 1.70 bits per heavy atom. The van der Waals surface area contributed by atoms with E-state index in [9.17, 15) is 4.79 Å². The van der Waals surface area contributed by atoms with Gasteiger partial charge in [-0.25, -0.2) is 0 Å². The summed E-state index contributed by atoms with van der Waals surface area (Å²) in [5, 5.41) is 3.00. The SMILES string of the molecule is Cc1ccc(C(=O)NCCCc2ccc(N(C)C)cc2)cc1C. The molecule has 0 bridgehead atoms. The highest BCUT2D eigenvalue weighted by molar-refractivity contribution is 5.94. The first-order chi connectivity index (χ1) is 11.0. The summed E-state index contributed by atoms with van der Waals surface area (Å²) < 4.78 is 0. The molecule has 0 radical (unpaired) electrons. The van der Waals surface area contributed by atoms with Gasteiger partial charge in [-0.3, -0.25) is 4.79 Å². The maximum Gasteiger partial charge on any atom is 0.251 e. The molecule has 0 unspecified atom stereocenters. The van der Waals surface area contributed by atoms with Crippen molar-refractivity contribution in [1.82, 2.24) is 5.32 Å². The second-order valence-electron chi connectivity index (χ2n) is 6.22. The second-order valence-corrected chi connectivity index (χ2v) is 6.22. The van der Waals surface area contributed by atoms with Gasteiger partial charge in [-0.1, -0.05) is 18.2 Å². The van der Waals surface area contributed by atoms with Crippen molar-refractivity contribution < 1.29 is 4.79 Å². The van der Waals surface area contributed by atoms with E-state index >= 15 is 0 Å². The van der Waals surface area contributed by atoms with Gasteiger partial charge in [0, 0.05) is 31.9 Å². The highest BCUT2D eigenvalue weighted by Gasteiger charge is 2.06. The summed E-state index contributed by atoms with van der Waals surface area (Å²) in [4.78, 5) is 14.2. The van der Waals surface area contributed by atoms with Gasteiger partial charge in [-0.05, 0) is 67.6 Å². The molecule has 0 saturated carbocycles. The van der Waals surface area contributed by atoms with Crippen molar-refractivity contribution in [1.29, 1.82) is 0 Å². The molecule has 2 aromatic rings. The number of benzene rings is 2. The van der Waals surface area contributed by atoms with Crippen LogP contribution in [0.4, 0.5) is 5.69 Å². The van der Waals surface area contributed by atoms with E-state index in [1.54, 1.807) is 0 Å².